The van der Waals surface area contributed by atoms with E-state index < -0.39 is 62.6 Å². The molecule has 1 amide bonds. The van der Waals surface area contributed by atoms with E-state index in [1.165, 1.54) is 11.6 Å². The third-order valence-corrected chi connectivity index (χ3v) is 6.41. The van der Waals surface area contributed by atoms with Crippen molar-refractivity contribution < 1.29 is 65.9 Å². The first-order valence-electron chi connectivity index (χ1n) is 8.64. The summed E-state index contributed by atoms with van der Waals surface area (Å²) in [5.74, 6) is -40.7. The van der Waals surface area contributed by atoms with Crippen LogP contribution in [-0.2, 0) is 14.8 Å². The van der Waals surface area contributed by atoms with Crippen molar-refractivity contribution in [2.24, 2.45) is 0 Å². The van der Waals surface area contributed by atoms with Crippen LogP contribution < -0.4 is 10.0 Å². The average Bonchev–Trinajstić information content (AvgIpc) is 3.25. The highest BCUT2D eigenvalue weighted by Gasteiger charge is 2.89. The van der Waals surface area contributed by atoms with Crippen molar-refractivity contribution >= 4 is 38.1 Å². The zero-order valence-corrected chi connectivity index (χ0v) is 18.2. The molecule has 1 aromatic heterocycles. The highest BCUT2D eigenvalue weighted by molar-refractivity contribution is 7.93. The molecule has 0 aliphatic rings. The summed E-state index contributed by atoms with van der Waals surface area (Å²) in [5.41, 5.74) is -0.961. The number of benzene rings is 1. The number of amides is 1. The third kappa shape index (κ3) is 4.78. The summed E-state index contributed by atoms with van der Waals surface area (Å²) in [6, 6.07) is 2.18. The van der Waals surface area contributed by atoms with E-state index in [1.807, 2.05) is 4.72 Å². The second-order valence-electron chi connectivity index (χ2n) is 6.64. The van der Waals surface area contributed by atoms with Crippen molar-refractivity contribution in [3.05, 3.63) is 35.8 Å². The van der Waals surface area contributed by atoms with Crippen molar-refractivity contribution in [3.63, 3.8) is 0 Å². The molecule has 0 bridgehead atoms. The Morgan fingerprint density at radius 2 is 1.39 bits per heavy atom. The molecule has 2 aromatic rings. The van der Waals surface area contributed by atoms with Gasteiger partial charge in [-0.05, 0) is 24.3 Å². The summed E-state index contributed by atoms with van der Waals surface area (Å²) >= 11 is 0.852. The van der Waals surface area contributed by atoms with Crippen molar-refractivity contribution in [1.82, 2.24) is 4.98 Å². The van der Waals surface area contributed by atoms with Gasteiger partial charge in [0.15, 0.2) is 5.13 Å². The predicted molar refractivity (Wildman–Crippen MR) is 98.7 cm³/mol. The number of carbonyl (C=O) groups excluding carboxylic acids is 1. The Balaban J connectivity index is 2.29. The van der Waals surface area contributed by atoms with Crippen molar-refractivity contribution in [2.45, 2.75) is 40.9 Å². The highest BCUT2D eigenvalue weighted by Crippen LogP contribution is 2.58. The minimum Gasteiger partial charge on any atom is -0.321 e. The number of aromatic nitrogens is 1. The quantitative estimate of drug-likeness (QED) is 0.371. The van der Waals surface area contributed by atoms with Gasteiger partial charge in [-0.15, -0.1) is 11.3 Å². The van der Waals surface area contributed by atoms with Crippen molar-refractivity contribution in [1.29, 1.82) is 0 Å². The lowest BCUT2D eigenvalue weighted by molar-refractivity contribution is -0.406. The molecule has 202 valence electrons. The molecule has 2 N–H and O–H groups in total. The molecule has 0 radical (unpaired) electrons. The monoisotopic (exact) mass is 583 g/mol. The Kier molecular flexibility index (Phi) is 7.59. The molecular weight excluding hydrogens is 574 g/mol. The molecule has 0 aliphatic heterocycles. The molecule has 20 heteroatoms. The number of carbonyl (C=O) groups is 1. The first-order valence-corrected chi connectivity index (χ1v) is 11.0. The molecule has 2 rings (SSSR count). The molecule has 36 heavy (non-hydrogen) atoms. The summed E-state index contributed by atoms with van der Waals surface area (Å²) in [5, 5.41) is 2.17. The first-order chi connectivity index (χ1) is 16.1. The molecule has 1 heterocycles. The number of thiazole rings is 1. The number of rotatable bonds is 10. The molecule has 0 unspecified atom stereocenters. The number of nitrogens with one attached hydrogen (secondary N) is 2. The van der Waals surface area contributed by atoms with Gasteiger partial charge in [0.05, 0.1) is 4.90 Å². The van der Waals surface area contributed by atoms with Crippen molar-refractivity contribution in [2.75, 3.05) is 10.0 Å². The molecular formula is C16H9F12N3O3S2. The molecule has 0 aliphatic carbocycles. The Labute approximate surface area is 196 Å². The standard InChI is InChI=1S/C16H9F12N3O3S2/c17-9(18)12(19,20)14(23,24)16(27,28)15(25,26)13(21,22)10(32)30-7-1-3-8(4-2-7)36(33,34)31-11-29-5-6-35-11/h1-6,9H,(H,29,31)(H,30,32). The lowest BCUT2D eigenvalue weighted by atomic mass is 9.94. The Hall–Kier alpha value is -2.77. The molecule has 0 fully saturated rings. The van der Waals surface area contributed by atoms with Gasteiger partial charge in [-0.1, -0.05) is 0 Å². The van der Waals surface area contributed by atoms with Gasteiger partial charge in [-0.2, -0.15) is 43.9 Å². The summed E-state index contributed by atoms with van der Waals surface area (Å²) < 4.78 is 185. The molecule has 0 spiro atoms. The van der Waals surface area contributed by atoms with Crippen LogP contribution in [-0.4, -0.2) is 55.3 Å². The van der Waals surface area contributed by atoms with Gasteiger partial charge >= 0.3 is 41.9 Å². The number of alkyl halides is 12. The van der Waals surface area contributed by atoms with Gasteiger partial charge in [0.25, 0.3) is 10.0 Å². The Bertz CT molecular complexity index is 1190. The fourth-order valence-corrected chi connectivity index (χ4v) is 4.05. The van der Waals surface area contributed by atoms with Gasteiger partial charge in [-0.3, -0.25) is 9.52 Å². The van der Waals surface area contributed by atoms with Crippen LogP contribution in [0.2, 0.25) is 0 Å². The average molecular weight is 583 g/mol. The van der Waals surface area contributed by atoms with Crippen LogP contribution in [0.25, 0.3) is 0 Å². The zero-order chi connectivity index (χ0) is 28.0. The molecule has 0 saturated carbocycles. The number of anilines is 2. The van der Waals surface area contributed by atoms with Gasteiger partial charge in [0.1, 0.15) is 0 Å². The number of hydrogen-bond donors (Lipinski definition) is 2. The predicted octanol–water partition coefficient (Wildman–Crippen LogP) is 5.32. The zero-order valence-electron chi connectivity index (χ0n) is 16.6. The van der Waals surface area contributed by atoms with Crippen molar-refractivity contribution in [3.8, 4) is 0 Å². The minimum absolute atomic E-state index is 0.107. The fraction of sp³-hybridized carbons (Fsp3) is 0.375. The van der Waals surface area contributed by atoms with Gasteiger partial charge in [0, 0.05) is 17.3 Å². The number of nitrogens with zero attached hydrogens (tertiary/aromatic N) is 1. The van der Waals surface area contributed by atoms with Crippen LogP contribution in [0.3, 0.4) is 0 Å². The molecule has 0 saturated heterocycles. The molecule has 1 aromatic carbocycles. The molecule has 0 atom stereocenters. The van der Waals surface area contributed by atoms with E-state index in [4.69, 9.17) is 0 Å². The summed E-state index contributed by atoms with van der Waals surface area (Å²) in [6.45, 7) is 0. The summed E-state index contributed by atoms with van der Waals surface area (Å²) in [4.78, 5) is 14.5. The maximum Gasteiger partial charge on any atom is 0.393 e. The van der Waals surface area contributed by atoms with Gasteiger partial charge in [0.2, 0.25) is 0 Å². The second-order valence-corrected chi connectivity index (χ2v) is 9.22. The van der Waals surface area contributed by atoms with E-state index in [1.54, 1.807) is 0 Å². The number of halogens is 12. The largest absolute Gasteiger partial charge is 0.393 e. The summed E-state index contributed by atoms with van der Waals surface area (Å²) in [7, 11) is -4.33. The van der Waals surface area contributed by atoms with Crippen LogP contribution in [0.1, 0.15) is 0 Å². The number of hydrogen-bond acceptors (Lipinski definition) is 5. The van der Waals surface area contributed by atoms with E-state index in [0.717, 1.165) is 16.7 Å². The third-order valence-electron chi connectivity index (χ3n) is 4.24. The van der Waals surface area contributed by atoms with E-state index in [-0.39, 0.29) is 5.13 Å². The van der Waals surface area contributed by atoms with Crippen LogP contribution in [0, 0.1) is 0 Å². The highest BCUT2D eigenvalue weighted by atomic mass is 32.2. The van der Waals surface area contributed by atoms with Crippen LogP contribution in [0.15, 0.2) is 40.7 Å². The van der Waals surface area contributed by atoms with E-state index in [2.05, 4.69) is 4.98 Å². The Morgan fingerprint density at radius 3 is 1.83 bits per heavy atom. The molecule has 6 nitrogen and oxygen atoms in total. The lowest BCUT2D eigenvalue weighted by Crippen LogP contribution is -2.70. The van der Waals surface area contributed by atoms with Gasteiger partial charge < -0.3 is 5.32 Å². The topological polar surface area (TPSA) is 88.2 Å². The first kappa shape index (κ1) is 29.5. The van der Waals surface area contributed by atoms with E-state index in [0.29, 0.717) is 24.3 Å². The normalized spacial score (nSPS) is 14.1. The SMILES string of the molecule is O=C(Nc1ccc(S(=O)(=O)Nc2nccs2)cc1)C(F)(F)C(F)(F)C(F)(F)C(F)(F)C(F)(F)C(F)F. The van der Waals surface area contributed by atoms with Crippen LogP contribution in [0.4, 0.5) is 63.5 Å². The fourth-order valence-electron chi connectivity index (χ4n) is 2.26. The van der Waals surface area contributed by atoms with Gasteiger partial charge in [-0.25, -0.2) is 22.2 Å². The Morgan fingerprint density at radius 1 is 0.861 bits per heavy atom. The maximum atomic E-state index is 13.9. The smallest absolute Gasteiger partial charge is 0.321 e. The van der Waals surface area contributed by atoms with Crippen LogP contribution in [0.5, 0.6) is 0 Å². The van der Waals surface area contributed by atoms with E-state index in [9.17, 15) is 65.9 Å². The number of sulfonamides is 1. The maximum absolute atomic E-state index is 13.9. The minimum atomic E-state index is -7.86. The second kappa shape index (κ2) is 9.27. The summed E-state index contributed by atoms with van der Waals surface area (Å²) in [6.07, 6.45) is -4.44. The van der Waals surface area contributed by atoms with Crippen LogP contribution >= 0.6 is 11.3 Å². The van der Waals surface area contributed by atoms with E-state index >= 15 is 0 Å². The lowest BCUT2D eigenvalue weighted by Gasteiger charge is -2.38.